The number of hydrogen-bond donors (Lipinski definition) is 2. The number of rotatable bonds is 7. The summed E-state index contributed by atoms with van der Waals surface area (Å²) in [5, 5.41) is 6.81. The van der Waals surface area contributed by atoms with Gasteiger partial charge in [0.25, 0.3) is 0 Å². The monoisotopic (exact) mass is 346 g/mol. The van der Waals surface area contributed by atoms with Crippen molar-refractivity contribution in [3.05, 3.63) is 18.0 Å². The maximum Gasteiger partial charge on any atom is 0.356 e. The van der Waals surface area contributed by atoms with E-state index in [0.29, 0.717) is 34.9 Å². The zero-order valence-corrected chi connectivity index (χ0v) is 15.5. The molecule has 0 saturated heterocycles. The van der Waals surface area contributed by atoms with Crippen LogP contribution >= 0.6 is 0 Å². The van der Waals surface area contributed by atoms with E-state index in [1.165, 1.54) is 14.0 Å². The molecule has 2 rings (SSSR count). The average Bonchev–Trinajstić information content (AvgIpc) is 2.86. The summed E-state index contributed by atoms with van der Waals surface area (Å²) in [4.78, 5) is 28.4. The van der Waals surface area contributed by atoms with E-state index < -0.39 is 5.97 Å². The number of nitrogens with zero attached hydrogens (tertiary/aromatic N) is 2. The molecule has 25 heavy (non-hydrogen) atoms. The first-order valence-electron chi connectivity index (χ1n) is 8.51. The number of pyridine rings is 1. The van der Waals surface area contributed by atoms with E-state index in [-0.39, 0.29) is 5.91 Å². The Bertz CT molecular complexity index is 780. The number of hydrogen-bond acceptors (Lipinski definition) is 5. The third kappa shape index (κ3) is 4.10. The van der Waals surface area contributed by atoms with Crippen LogP contribution in [0.25, 0.3) is 11.0 Å². The number of ether oxygens (including phenoxy) is 1. The third-order valence-corrected chi connectivity index (χ3v) is 3.95. The predicted octanol–water partition coefficient (Wildman–Crippen LogP) is 3.26. The van der Waals surface area contributed by atoms with E-state index in [4.69, 9.17) is 4.74 Å². The van der Waals surface area contributed by atoms with Gasteiger partial charge in [-0.2, -0.15) is 0 Å². The lowest BCUT2D eigenvalue weighted by Crippen LogP contribution is -2.14. The third-order valence-electron chi connectivity index (χ3n) is 3.95. The number of amides is 1. The van der Waals surface area contributed by atoms with E-state index >= 15 is 0 Å². The van der Waals surface area contributed by atoms with Gasteiger partial charge in [0.15, 0.2) is 5.69 Å². The molecule has 0 aliphatic rings. The van der Waals surface area contributed by atoms with Crippen molar-refractivity contribution in [2.24, 2.45) is 5.92 Å². The fraction of sp³-hybridized carbons (Fsp3) is 0.500. The maximum absolute atomic E-state index is 12.3. The molecule has 1 amide bonds. The van der Waals surface area contributed by atoms with Crippen molar-refractivity contribution < 1.29 is 14.3 Å². The number of nitrogens with one attached hydrogen (secondary N) is 2. The molecule has 0 atom stereocenters. The van der Waals surface area contributed by atoms with Crippen molar-refractivity contribution in [3.8, 4) is 0 Å². The van der Waals surface area contributed by atoms with Crippen LogP contribution in [0, 0.1) is 5.92 Å². The number of carbonyl (C=O) groups excluding carboxylic acids is 2. The maximum atomic E-state index is 12.3. The molecule has 0 unspecified atom stereocenters. The van der Waals surface area contributed by atoms with Gasteiger partial charge in [-0.05, 0) is 25.3 Å². The van der Waals surface area contributed by atoms with Gasteiger partial charge >= 0.3 is 5.97 Å². The van der Waals surface area contributed by atoms with Gasteiger partial charge in [0.2, 0.25) is 5.91 Å². The highest BCUT2D eigenvalue weighted by Crippen LogP contribution is 2.32. The first kappa shape index (κ1) is 18.8. The van der Waals surface area contributed by atoms with E-state index in [1.54, 1.807) is 10.8 Å². The van der Waals surface area contributed by atoms with Crippen molar-refractivity contribution in [1.29, 1.82) is 0 Å². The molecule has 0 spiro atoms. The molecule has 0 radical (unpaired) electrons. The van der Waals surface area contributed by atoms with Gasteiger partial charge in [-0.25, -0.2) is 9.78 Å². The summed E-state index contributed by atoms with van der Waals surface area (Å²) in [7, 11) is 1.32. The Morgan fingerprint density at radius 3 is 2.64 bits per heavy atom. The number of carbonyl (C=O) groups is 2. The molecule has 0 fully saturated rings. The smallest absolute Gasteiger partial charge is 0.356 e. The summed E-state index contributed by atoms with van der Waals surface area (Å²) < 4.78 is 6.65. The lowest BCUT2D eigenvalue weighted by atomic mass is 10.1. The molecule has 0 aromatic carbocycles. The SMILES string of the molecule is CCn1c(C(=O)OC)c(NC(C)=O)c2cc(NCCC(C)C)cnc21. The number of fused-ring (bicyclic) bond motifs is 1. The van der Waals surface area contributed by atoms with Crippen molar-refractivity contribution in [3.63, 3.8) is 0 Å². The molecule has 0 bridgehead atoms. The van der Waals surface area contributed by atoms with Crippen molar-refractivity contribution >= 4 is 34.3 Å². The van der Waals surface area contributed by atoms with E-state index in [1.807, 2.05) is 13.0 Å². The minimum atomic E-state index is -0.502. The van der Waals surface area contributed by atoms with Gasteiger partial charge in [0.1, 0.15) is 5.65 Å². The minimum absolute atomic E-state index is 0.251. The Labute approximate surface area is 147 Å². The summed E-state index contributed by atoms with van der Waals surface area (Å²) in [6.45, 7) is 9.03. The summed E-state index contributed by atoms with van der Waals surface area (Å²) in [6, 6.07) is 1.91. The Morgan fingerprint density at radius 1 is 1.36 bits per heavy atom. The van der Waals surface area contributed by atoms with Crippen LogP contribution in [0.15, 0.2) is 12.3 Å². The molecule has 2 aromatic heterocycles. The van der Waals surface area contributed by atoms with Gasteiger partial charge in [-0.1, -0.05) is 13.8 Å². The van der Waals surface area contributed by atoms with E-state index in [0.717, 1.165) is 18.7 Å². The van der Waals surface area contributed by atoms with Crippen LogP contribution in [-0.4, -0.2) is 35.1 Å². The number of esters is 1. The summed E-state index contributed by atoms with van der Waals surface area (Å²) in [5.74, 6) is -0.150. The normalized spacial score (nSPS) is 11.0. The van der Waals surface area contributed by atoms with Gasteiger partial charge in [0.05, 0.1) is 24.7 Å². The lowest BCUT2D eigenvalue weighted by molar-refractivity contribution is -0.114. The highest BCUT2D eigenvalue weighted by molar-refractivity contribution is 6.10. The molecule has 136 valence electrons. The highest BCUT2D eigenvalue weighted by atomic mass is 16.5. The number of aromatic nitrogens is 2. The molecular weight excluding hydrogens is 320 g/mol. The second-order valence-electron chi connectivity index (χ2n) is 6.35. The van der Waals surface area contributed by atoms with E-state index in [9.17, 15) is 9.59 Å². The average molecular weight is 346 g/mol. The second-order valence-corrected chi connectivity index (χ2v) is 6.35. The number of methoxy groups -OCH3 is 1. The molecular formula is C18H26N4O3. The first-order chi connectivity index (χ1) is 11.9. The predicted molar refractivity (Wildman–Crippen MR) is 99.0 cm³/mol. The summed E-state index contributed by atoms with van der Waals surface area (Å²) in [6.07, 6.45) is 2.79. The van der Waals surface area contributed by atoms with Crippen LogP contribution in [0.4, 0.5) is 11.4 Å². The number of aryl methyl sites for hydroxylation is 1. The van der Waals surface area contributed by atoms with Crippen molar-refractivity contribution in [1.82, 2.24) is 9.55 Å². The van der Waals surface area contributed by atoms with Gasteiger partial charge in [-0.15, -0.1) is 0 Å². The Morgan fingerprint density at radius 2 is 2.08 bits per heavy atom. The Kier molecular flexibility index (Phi) is 6.01. The molecule has 0 saturated carbocycles. The zero-order chi connectivity index (χ0) is 18.6. The second kappa shape index (κ2) is 8.00. The largest absolute Gasteiger partial charge is 0.464 e. The lowest BCUT2D eigenvalue weighted by Gasteiger charge is -2.08. The molecule has 2 aromatic rings. The molecule has 7 nitrogen and oxygen atoms in total. The van der Waals surface area contributed by atoms with Gasteiger partial charge in [0, 0.05) is 25.4 Å². The van der Waals surface area contributed by atoms with E-state index in [2.05, 4.69) is 29.5 Å². The first-order valence-corrected chi connectivity index (χ1v) is 8.51. The molecule has 2 heterocycles. The molecule has 0 aliphatic carbocycles. The minimum Gasteiger partial charge on any atom is -0.464 e. The standard InChI is InChI=1S/C18H26N4O3/c1-6-22-16(18(24)25-5)15(21-12(4)23)14-9-13(10-20-17(14)22)19-8-7-11(2)3/h9-11,19H,6-8H2,1-5H3,(H,21,23). The zero-order valence-electron chi connectivity index (χ0n) is 15.5. The topological polar surface area (TPSA) is 85.2 Å². The van der Waals surface area contributed by atoms with Crippen LogP contribution in [0.1, 0.15) is 44.6 Å². The summed E-state index contributed by atoms with van der Waals surface area (Å²) in [5.41, 5.74) is 2.24. The number of anilines is 2. The van der Waals surface area contributed by atoms with Crippen LogP contribution in [0.2, 0.25) is 0 Å². The molecule has 2 N–H and O–H groups in total. The highest BCUT2D eigenvalue weighted by Gasteiger charge is 2.24. The quantitative estimate of drug-likeness (QED) is 0.752. The van der Waals surface area contributed by atoms with Gasteiger partial charge < -0.3 is 19.9 Å². The van der Waals surface area contributed by atoms with Gasteiger partial charge in [-0.3, -0.25) is 4.79 Å². The Hall–Kier alpha value is -2.57. The Balaban J connectivity index is 2.54. The fourth-order valence-corrected chi connectivity index (χ4v) is 2.75. The molecule has 7 heteroatoms. The fourth-order valence-electron chi connectivity index (χ4n) is 2.75. The van der Waals surface area contributed by atoms with Crippen LogP contribution < -0.4 is 10.6 Å². The van der Waals surface area contributed by atoms with Crippen LogP contribution in [0.3, 0.4) is 0 Å². The van der Waals surface area contributed by atoms with Crippen LogP contribution in [0.5, 0.6) is 0 Å². The van der Waals surface area contributed by atoms with Crippen LogP contribution in [-0.2, 0) is 16.1 Å². The van der Waals surface area contributed by atoms with Crippen molar-refractivity contribution in [2.75, 3.05) is 24.3 Å². The molecule has 0 aliphatic heterocycles. The van der Waals surface area contributed by atoms with Crippen molar-refractivity contribution in [2.45, 2.75) is 40.7 Å². The summed E-state index contributed by atoms with van der Waals surface area (Å²) >= 11 is 0.